The van der Waals surface area contributed by atoms with E-state index in [1.165, 1.54) is 12.1 Å². The third kappa shape index (κ3) is 4.47. The maximum absolute atomic E-state index is 13.2. The zero-order chi connectivity index (χ0) is 24.4. The summed E-state index contributed by atoms with van der Waals surface area (Å²) in [7, 11) is 1.60. The Hall–Kier alpha value is -4.20. The molecule has 7 nitrogen and oxygen atoms in total. The van der Waals surface area contributed by atoms with E-state index in [0.29, 0.717) is 44.0 Å². The van der Waals surface area contributed by atoms with Crippen molar-refractivity contribution in [2.75, 3.05) is 44.7 Å². The molecule has 2 aromatic carbocycles. The number of anilines is 2. The molecular weight excluding hydrogens is 447 g/mol. The molecule has 1 fully saturated rings. The first-order valence-electron chi connectivity index (χ1n) is 11.5. The van der Waals surface area contributed by atoms with Crippen LogP contribution in [0.4, 0.5) is 15.8 Å². The molecule has 0 spiro atoms. The van der Waals surface area contributed by atoms with Gasteiger partial charge in [-0.1, -0.05) is 30.4 Å². The number of nitrogens with zero attached hydrogens (tertiary/aromatic N) is 4. The fraction of sp³-hybridized carbons (Fsp3) is 0.222. The number of hydrogen-bond donors (Lipinski definition) is 0. The Balaban J connectivity index is 1.29. The highest BCUT2D eigenvalue weighted by Crippen LogP contribution is 2.38. The largest absolute Gasteiger partial charge is 0.495 e. The van der Waals surface area contributed by atoms with Gasteiger partial charge in [0, 0.05) is 44.0 Å². The number of hydrogen-bond acceptors (Lipinski definition) is 5. The predicted molar refractivity (Wildman–Crippen MR) is 131 cm³/mol. The van der Waals surface area contributed by atoms with E-state index in [4.69, 9.17) is 4.74 Å². The molecule has 35 heavy (non-hydrogen) atoms. The molecule has 1 aromatic heterocycles. The van der Waals surface area contributed by atoms with Gasteiger partial charge in [0.25, 0.3) is 11.8 Å². The Labute approximate surface area is 203 Å². The average Bonchev–Trinajstić information content (AvgIpc) is 2.92. The van der Waals surface area contributed by atoms with Gasteiger partial charge in [-0.25, -0.2) is 9.37 Å². The molecule has 1 saturated heterocycles. The highest BCUT2D eigenvalue weighted by atomic mass is 19.1. The lowest BCUT2D eigenvalue weighted by molar-refractivity contribution is 0.0532. The molecule has 3 aromatic rings. The van der Waals surface area contributed by atoms with E-state index < -0.39 is 5.82 Å². The zero-order valence-electron chi connectivity index (χ0n) is 19.4. The topological polar surface area (TPSA) is 66.0 Å². The first-order valence-corrected chi connectivity index (χ1v) is 11.5. The van der Waals surface area contributed by atoms with Gasteiger partial charge >= 0.3 is 0 Å². The third-order valence-electron chi connectivity index (χ3n) is 6.33. The number of aromatic nitrogens is 1. The lowest BCUT2D eigenvalue weighted by Gasteiger charge is -2.35. The number of carbonyl (C=O) groups excluding carboxylic acids is 2. The molecule has 0 saturated carbocycles. The number of pyridine rings is 1. The molecule has 0 unspecified atom stereocenters. The first kappa shape index (κ1) is 22.6. The Morgan fingerprint density at radius 1 is 0.914 bits per heavy atom. The lowest BCUT2D eigenvalue weighted by atomic mass is 10.1. The second kappa shape index (κ2) is 9.58. The van der Waals surface area contributed by atoms with Gasteiger partial charge in [-0.15, -0.1) is 0 Å². The smallest absolute Gasteiger partial charge is 0.272 e. The number of ether oxygens (including phenoxy) is 1. The number of fused-ring (bicyclic) bond motifs is 1. The van der Waals surface area contributed by atoms with Crippen LogP contribution in [0.5, 0.6) is 5.75 Å². The van der Waals surface area contributed by atoms with E-state index in [2.05, 4.69) is 34.2 Å². The summed E-state index contributed by atoms with van der Waals surface area (Å²) in [4.78, 5) is 35.2. The number of amides is 2. The molecule has 3 heterocycles. The van der Waals surface area contributed by atoms with Crippen molar-refractivity contribution in [2.24, 2.45) is 0 Å². The molecule has 0 radical (unpaired) electrons. The summed E-state index contributed by atoms with van der Waals surface area (Å²) in [5, 5.41) is 0. The normalized spacial score (nSPS) is 15.1. The molecule has 8 heteroatoms. The molecule has 178 valence electrons. The molecule has 0 aliphatic carbocycles. The van der Waals surface area contributed by atoms with Crippen LogP contribution in [-0.2, 0) is 0 Å². The lowest BCUT2D eigenvalue weighted by Crippen LogP contribution is -2.50. The van der Waals surface area contributed by atoms with Crippen molar-refractivity contribution >= 4 is 29.3 Å². The second-order valence-electron chi connectivity index (χ2n) is 8.40. The van der Waals surface area contributed by atoms with Crippen LogP contribution >= 0.6 is 0 Å². The third-order valence-corrected chi connectivity index (χ3v) is 6.33. The van der Waals surface area contributed by atoms with Crippen LogP contribution in [-0.4, -0.2) is 66.4 Å². The number of carbonyl (C=O) groups is 2. The summed E-state index contributed by atoms with van der Waals surface area (Å²) in [6.07, 6.45) is 5.23. The summed E-state index contributed by atoms with van der Waals surface area (Å²) < 4.78 is 18.8. The number of methoxy groups -OCH3 is 1. The van der Waals surface area contributed by atoms with Crippen LogP contribution in [0.15, 0.2) is 66.9 Å². The van der Waals surface area contributed by atoms with Crippen molar-refractivity contribution in [2.45, 2.75) is 0 Å². The molecule has 2 aliphatic heterocycles. The summed E-state index contributed by atoms with van der Waals surface area (Å²) in [6.45, 7) is 2.28. The van der Waals surface area contributed by atoms with Crippen molar-refractivity contribution < 1.29 is 18.7 Å². The zero-order valence-corrected chi connectivity index (χ0v) is 19.4. The van der Waals surface area contributed by atoms with E-state index in [1.54, 1.807) is 23.0 Å². The minimum atomic E-state index is -0.487. The Bertz CT molecular complexity index is 1280. The average molecular weight is 473 g/mol. The standard InChI is InChI=1S/C27H25FN4O3/c1-35-25-17-20(8-11-24(25)32-12-4-6-19-5-2-3-7-23(19)32)26(33)30-13-15-31(16-14-30)27(34)22-10-9-21(28)18-29-22/h2-11,17-18H,12-16H2,1H3. The minimum Gasteiger partial charge on any atom is -0.495 e. The molecular formula is C27H25FN4O3. The maximum atomic E-state index is 13.2. The molecule has 0 N–H and O–H groups in total. The Kier molecular flexibility index (Phi) is 6.18. The SMILES string of the molecule is COc1cc(C(=O)N2CCN(C(=O)c3ccc(F)cn3)CC2)ccc1N1CC=Cc2ccccc21. The molecule has 0 atom stereocenters. The van der Waals surface area contributed by atoms with Crippen molar-refractivity contribution in [3.63, 3.8) is 0 Å². The van der Waals surface area contributed by atoms with E-state index in [-0.39, 0.29) is 17.5 Å². The van der Waals surface area contributed by atoms with Gasteiger partial charge < -0.3 is 19.4 Å². The van der Waals surface area contributed by atoms with Gasteiger partial charge in [0.1, 0.15) is 17.3 Å². The number of benzene rings is 2. The van der Waals surface area contributed by atoms with Gasteiger partial charge in [0.15, 0.2) is 0 Å². The highest BCUT2D eigenvalue weighted by molar-refractivity contribution is 5.96. The van der Waals surface area contributed by atoms with Crippen LogP contribution in [0.2, 0.25) is 0 Å². The predicted octanol–water partition coefficient (Wildman–Crippen LogP) is 3.99. The van der Waals surface area contributed by atoms with E-state index >= 15 is 0 Å². The number of halogens is 1. The van der Waals surface area contributed by atoms with Gasteiger partial charge in [-0.05, 0) is 42.0 Å². The summed E-state index contributed by atoms with van der Waals surface area (Å²) in [5.41, 5.74) is 3.84. The summed E-state index contributed by atoms with van der Waals surface area (Å²) in [6, 6.07) is 16.3. The summed E-state index contributed by atoms with van der Waals surface area (Å²) in [5.74, 6) is -0.240. The van der Waals surface area contributed by atoms with Crippen molar-refractivity contribution in [3.05, 3.63) is 89.5 Å². The molecule has 5 rings (SSSR count). The van der Waals surface area contributed by atoms with Gasteiger partial charge in [0.2, 0.25) is 0 Å². The molecule has 0 bridgehead atoms. The number of para-hydroxylation sites is 1. The first-order chi connectivity index (χ1) is 17.0. The quantitative estimate of drug-likeness (QED) is 0.575. The van der Waals surface area contributed by atoms with Gasteiger partial charge in [-0.3, -0.25) is 9.59 Å². The number of rotatable bonds is 4. The van der Waals surface area contributed by atoms with Crippen molar-refractivity contribution in [3.8, 4) is 5.75 Å². The van der Waals surface area contributed by atoms with Crippen LogP contribution in [0.3, 0.4) is 0 Å². The Morgan fingerprint density at radius 2 is 1.66 bits per heavy atom. The fourth-order valence-electron chi connectivity index (χ4n) is 4.48. The van der Waals surface area contributed by atoms with Crippen LogP contribution in [0, 0.1) is 5.82 Å². The van der Waals surface area contributed by atoms with E-state index in [0.717, 1.165) is 23.1 Å². The Morgan fingerprint density at radius 3 is 2.37 bits per heavy atom. The van der Waals surface area contributed by atoms with E-state index in [1.807, 2.05) is 24.3 Å². The van der Waals surface area contributed by atoms with Crippen LogP contribution < -0.4 is 9.64 Å². The summed E-state index contributed by atoms with van der Waals surface area (Å²) >= 11 is 0. The van der Waals surface area contributed by atoms with Gasteiger partial charge in [0.05, 0.1) is 19.0 Å². The highest BCUT2D eigenvalue weighted by Gasteiger charge is 2.27. The monoisotopic (exact) mass is 472 g/mol. The van der Waals surface area contributed by atoms with Gasteiger partial charge in [-0.2, -0.15) is 0 Å². The van der Waals surface area contributed by atoms with E-state index in [9.17, 15) is 14.0 Å². The fourth-order valence-corrected chi connectivity index (χ4v) is 4.48. The van der Waals surface area contributed by atoms with Crippen LogP contribution in [0.1, 0.15) is 26.4 Å². The second-order valence-corrected chi connectivity index (χ2v) is 8.40. The molecule has 2 aliphatic rings. The van der Waals surface area contributed by atoms with Crippen LogP contribution in [0.25, 0.3) is 6.08 Å². The molecule has 2 amide bonds. The minimum absolute atomic E-state index is 0.110. The van der Waals surface area contributed by atoms with Crippen molar-refractivity contribution in [1.82, 2.24) is 14.8 Å². The maximum Gasteiger partial charge on any atom is 0.272 e. The van der Waals surface area contributed by atoms with Crippen molar-refractivity contribution in [1.29, 1.82) is 0 Å². The number of piperazine rings is 1.